The van der Waals surface area contributed by atoms with Gasteiger partial charge in [0.15, 0.2) is 0 Å². The summed E-state index contributed by atoms with van der Waals surface area (Å²) < 4.78 is 12.0. The van der Waals surface area contributed by atoms with Crippen LogP contribution in [0.5, 0.6) is 5.75 Å². The van der Waals surface area contributed by atoms with E-state index in [9.17, 15) is 4.79 Å². The molecule has 136 valence electrons. The van der Waals surface area contributed by atoms with Gasteiger partial charge in [-0.05, 0) is 43.3 Å². The molecule has 2 heterocycles. The number of hydrogen-bond acceptors (Lipinski definition) is 6. The van der Waals surface area contributed by atoms with E-state index in [1.165, 1.54) is 11.3 Å². The zero-order valence-electron chi connectivity index (χ0n) is 14.9. The molecule has 0 saturated carbocycles. The number of methoxy groups -OCH3 is 1. The quantitative estimate of drug-likeness (QED) is 0.484. The second-order valence-electron chi connectivity index (χ2n) is 5.77. The van der Waals surface area contributed by atoms with Crippen molar-refractivity contribution in [2.75, 3.05) is 13.7 Å². The number of rotatable bonds is 5. The van der Waals surface area contributed by atoms with Crippen molar-refractivity contribution in [3.05, 3.63) is 60.3 Å². The van der Waals surface area contributed by atoms with Crippen LogP contribution in [0.1, 0.15) is 17.3 Å². The van der Waals surface area contributed by atoms with Crippen LogP contribution in [0.3, 0.4) is 0 Å². The van der Waals surface area contributed by atoms with Gasteiger partial charge in [0.25, 0.3) is 0 Å². The summed E-state index contributed by atoms with van der Waals surface area (Å²) in [6, 6.07) is 15.0. The molecule has 6 nitrogen and oxygen atoms in total. The Morgan fingerprint density at radius 1 is 1.07 bits per heavy atom. The van der Waals surface area contributed by atoms with Crippen LogP contribution in [0.4, 0.5) is 0 Å². The van der Waals surface area contributed by atoms with Crippen molar-refractivity contribution in [1.82, 2.24) is 14.6 Å². The Bertz CT molecular complexity index is 1080. The Balaban J connectivity index is 1.66. The summed E-state index contributed by atoms with van der Waals surface area (Å²) in [5, 5.41) is 5.58. The van der Waals surface area contributed by atoms with Crippen LogP contribution < -0.4 is 4.74 Å². The maximum Gasteiger partial charge on any atom is 0.338 e. The van der Waals surface area contributed by atoms with Crippen molar-refractivity contribution in [3.8, 4) is 27.6 Å². The monoisotopic (exact) mass is 379 g/mol. The molecule has 0 aliphatic carbocycles. The Labute approximate surface area is 160 Å². The third-order valence-electron chi connectivity index (χ3n) is 4.11. The standard InChI is InChI=1S/C20H17N3O3S/c1-3-26-19(24)15-6-4-13(5-7-15)17-12-21-20-23(17)22-18(27-20)14-8-10-16(25-2)11-9-14/h4-12H,3H2,1-2H3. The molecule has 0 N–H and O–H groups in total. The zero-order valence-corrected chi connectivity index (χ0v) is 15.7. The summed E-state index contributed by atoms with van der Waals surface area (Å²) >= 11 is 1.52. The van der Waals surface area contributed by atoms with Crippen molar-refractivity contribution >= 4 is 22.3 Å². The Morgan fingerprint density at radius 2 is 1.78 bits per heavy atom. The van der Waals surface area contributed by atoms with Crippen molar-refractivity contribution in [3.63, 3.8) is 0 Å². The van der Waals surface area contributed by atoms with Crippen LogP contribution >= 0.6 is 11.3 Å². The van der Waals surface area contributed by atoms with Crippen LogP contribution in [0, 0.1) is 0 Å². The van der Waals surface area contributed by atoms with Gasteiger partial charge >= 0.3 is 5.97 Å². The SMILES string of the molecule is CCOC(=O)c1ccc(-c2cnc3sc(-c4ccc(OC)cc4)nn23)cc1. The van der Waals surface area contributed by atoms with Gasteiger partial charge in [-0.3, -0.25) is 0 Å². The Kier molecular flexibility index (Phi) is 4.60. The largest absolute Gasteiger partial charge is 0.497 e. The smallest absolute Gasteiger partial charge is 0.338 e. The molecule has 0 atom stereocenters. The van der Waals surface area contributed by atoms with E-state index in [2.05, 4.69) is 4.98 Å². The average Bonchev–Trinajstić information content (AvgIpc) is 3.29. The maximum absolute atomic E-state index is 11.8. The van der Waals surface area contributed by atoms with Crippen LogP contribution in [-0.2, 0) is 4.74 Å². The topological polar surface area (TPSA) is 65.7 Å². The lowest BCUT2D eigenvalue weighted by molar-refractivity contribution is 0.0526. The number of aromatic nitrogens is 3. The predicted octanol–water partition coefficient (Wildman–Crippen LogP) is 4.31. The molecular weight excluding hydrogens is 362 g/mol. The van der Waals surface area contributed by atoms with Gasteiger partial charge in [-0.15, -0.1) is 0 Å². The van der Waals surface area contributed by atoms with Crippen molar-refractivity contribution in [1.29, 1.82) is 0 Å². The zero-order chi connectivity index (χ0) is 18.8. The van der Waals surface area contributed by atoms with Gasteiger partial charge in [0.1, 0.15) is 10.8 Å². The summed E-state index contributed by atoms with van der Waals surface area (Å²) in [7, 11) is 1.64. The molecule has 0 aliphatic rings. The van der Waals surface area contributed by atoms with Gasteiger partial charge in [-0.25, -0.2) is 14.3 Å². The fourth-order valence-corrected chi connectivity index (χ4v) is 3.61. The number of hydrogen-bond donors (Lipinski definition) is 0. The molecule has 4 aromatic rings. The van der Waals surface area contributed by atoms with E-state index in [0.29, 0.717) is 12.2 Å². The molecule has 0 amide bonds. The lowest BCUT2D eigenvalue weighted by atomic mass is 10.1. The van der Waals surface area contributed by atoms with Gasteiger partial charge in [0, 0.05) is 11.1 Å². The molecular formula is C20H17N3O3S. The minimum absolute atomic E-state index is 0.321. The highest BCUT2D eigenvalue weighted by atomic mass is 32.1. The lowest BCUT2D eigenvalue weighted by Gasteiger charge is -2.03. The molecule has 0 saturated heterocycles. The van der Waals surface area contributed by atoms with Gasteiger partial charge in [0.2, 0.25) is 4.96 Å². The van der Waals surface area contributed by atoms with E-state index >= 15 is 0 Å². The lowest BCUT2D eigenvalue weighted by Crippen LogP contribution is -2.04. The molecule has 0 aliphatic heterocycles. The van der Waals surface area contributed by atoms with Crippen molar-refractivity contribution in [2.45, 2.75) is 6.92 Å². The number of carbonyl (C=O) groups is 1. The minimum Gasteiger partial charge on any atom is -0.497 e. The van der Waals surface area contributed by atoms with E-state index in [1.807, 2.05) is 40.9 Å². The van der Waals surface area contributed by atoms with E-state index in [-0.39, 0.29) is 5.97 Å². The maximum atomic E-state index is 11.8. The average molecular weight is 379 g/mol. The molecule has 27 heavy (non-hydrogen) atoms. The molecule has 0 bridgehead atoms. The predicted molar refractivity (Wildman–Crippen MR) is 104 cm³/mol. The van der Waals surface area contributed by atoms with E-state index in [4.69, 9.17) is 14.6 Å². The summed E-state index contributed by atoms with van der Waals surface area (Å²) in [5.74, 6) is 0.486. The third-order valence-corrected chi connectivity index (χ3v) is 5.09. The fourth-order valence-electron chi connectivity index (χ4n) is 2.73. The summed E-state index contributed by atoms with van der Waals surface area (Å²) in [5.41, 5.74) is 3.34. The molecule has 4 rings (SSSR count). The highest BCUT2D eigenvalue weighted by Gasteiger charge is 2.14. The van der Waals surface area contributed by atoms with E-state index in [0.717, 1.165) is 32.5 Å². The highest BCUT2D eigenvalue weighted by molar-refractivity contribution is 7.19. The number of nitrogens with zero attached hydrogens (tertiary/aromatic N) is 3. The van der Waals surface area contributed by atoms with Crippen LogP contribution in [0.15, 0.2) is 54.7 Å². The first-order valence-electron chi connectivity index (χ1n) is 8.46. The number of esters is 1. The van der Waals surface area contributed by atoms with Crippen LogP contribution in [0.2, 0.25) is 0 Å². The number of ether oxygens (including phenoxy) is 2. The third kappa shape index (κ3) is 3.29. The molecule has 2 aromatic carbocycles. The number of imidazole rings is 1. The summed E-state index contributed by atoms with van der Waals surface area (Å²) in [4.78, 5) is 17.1. The van der Waals surface area contributed by atoms with Gasteiger partial charge in [0.05, 0.1) is 31.2 Å². The Hall–Kier alpha value is -3.19. The summed E-state index contributed by atoms with van der Waals surface area (Å²) in [6.45, 7) is 2.15. The fraction of sp³-hybridized carbons (Fsp3) is 0.150. The van der Waals surface area contributed by atoms with Crippen molar-refractivity contribution in [2.24, 2.45) is 0 Å². The molecule has 7 heteroatoms. The van der Waals surface area contributed by atoms with Gasteiger partial charge < -0.3 is 9.47 Å². The van der Waals surface area contributed by atoms with Crippen LogP contribution in [-0.4, -0.2) is 34.3 Å². The first kappa shape index (κ1) is 17.2. The number of carbonyl (C=O) groups excluding carboxylic acids is 1. The molecule has 0 fully saturated rings. The highest BCUT2D eigenvalue weighted by Crippen LogP contribution is 2.30. The normalized spacial score (nSPS) is 10.9. The molecule has 0 spiro atoms. The van der Waals surface area contributed by atoms with Crippen molar-refractivity contribution < 1.29 is 14.3 Å². The van der Waals surface area contributed by atoms with Gasteiger partial charge in [-0.1, -0.05) is 23.5 Å². The Morgan fingerprint density at radius 3 is 2.44 bits per heavy atom. The first-order chi connectivity index (χ1) is 13.2. The molecule has 0 radical (unpaired) electrons. The molecule has 2 aromatic heterocycles. The first-order valence-corrected chi connectivity index (χ1v) is 9.28. The van der Waals surface area contributed by atoms with E-state index < -0.39 is 0 Å². The molecule has 0 unspecified atom stereocenters. The number of benzene rings is 2. The summed E-state index contributed by atoms with van der Waals surface area (Å²) in [6.07, 6.45) is 1.79. The second kappa shape index (κ2) is 7.20. The van der Waals surface area contributed by atoms with Crippen LogP contribution in [0.25, 0.3) is 26.8 Å². The second-order valence-corrected chi connectivity index (χ2v) is 6.73. The minimum atomic E-state index is -0.321. The number of fused-ring (bicyclic) bond motifs is 1. The van der Waals surface area contributed by atoms with E-state index in [1.54, 1.807) is 32.4 Å². The van der Waals surface area contributed by atoms with Gasteiger partial charge in [-0.2, -0.15) is 5.10 Å².